The lowest BCUT2D eigenvalue weighted by Gasteiger charge is -2.14. The summed E-state index contributed by atoms with van der Waals surface area (Å²) < 4.78 is 16.4. The highest BCUT2D eigenvalue weighted by atomic mass is 31.2. The van der Waals surface area contributed by atoms with E-state index in [0.717, 1.165) is 34.1 Å². The molecule has 0 radical (unpaired) electrons. The second-order valence-electron chi connectivity index (χ2n) is 8.10. The smallest absolute Gasteiger partial charge is 0.325 e. The van der Waals surface area contributed by atoms with E-state index in [0.29, 0.717) is 16.9 Å². The molecular weight excluding hydrogens is 425 g/mol. The van der Waals surface area contributed by atoms with E-state index in [9.17, 15) is 4.57 Å². The van der Waals surface area contributed by atoms with Gasteiger partial charge in [-0.3, -0.25) is 9.55 Å². The van der Waals surface area contributed by atoms with Crippen molar-refractivity contribution in [2.75, 3.05) is 19.0 Å². The van der Waals surface area contributed by atoms with Crippen LogP contribution in [0.15, 0.2) is 54.7 Å². The molecule has 0 saturated carbocycles. The van der Waals surface area contributed by atoms with E-state index in [4.69, 9.17) is 20.3 Å². The number of hydrogen-bond acceptors (Lipinski definition) is 5. The Labute approximate surface area is 186 Å². The van der Waals surface area contributed by atoms with Crippen molar-refractivity contribution in [3.8, 4) is 5.75 Å². The SMILES string of the molecule is COc1ccc(CC(C)c2cnc3c(N)nc4cc(CCP(=O)(O)O)ccc4c3c2)cc1. The Bertz CT molecular complexity index is 1320. The van der Waals surface area contributed by atoms with Crippen LogP contribution in [-0.4, -0.2) is 33.0 Å². The zero-order valence-corrected chi connectivity index (χ0v) is 18.9. The second-order valence-corrected chi connectivity index (χ2v) is 9.88. The summed E-state index contributed by atoms with van der Waals surface area (Å²) in [5.74, 6) is 1.42. The van der Waals surface area contributed by atoms with E-state index in [-0.39, 0.29) is 18.5 Å². The quantitative estimate of drug-likeness (QED) is 0.281. The average molecular weight is 451 g/mol. The van der Waals surface area contributed by atoms with E-state index in [1.165, 1.54) is 5.56 Å². The summed E-state index contributed by atoms with van der Waals surface area (Å²) in [6.45, 7) is 2.17. The fourth-order valence-electron chi connectivity index (χ4n) is 3.90. The number of nitrogens with zero attached hydrogens (tertiary/aromatic N) is 2. The topological polar surface area (TPSA) is 119 Å². The maximum Gasteiger partial charge on any atom is 0.325 e. The van der Waals surface area contributed by atoms with E-state index >= 15 is 0 Å². The van der Waals surface area contributed by atoms with Gasteiger partial charge in [0.05, 0.1) is 18.8 Å². The van der Waals surface area contributed by atoms with Crippen LogP contribution in [0.1, 0.15) is 29.5 Å². The molecule has 0 spiro atoms. The molecule has 1 atom stereocenters. The van der Waals surface area contributed by atoms with Crippen molar-refractivity contribution in [1.82, 2.24) is 9.97 Å². The number of fused-ring (bicyclic) bond motifs is 3. The Kier molecular flexibility index (Phi) is 6.15. The highest BCUT2D eigenvalue weighted by Gasteiger charge is 2.15. The van der Waals surface area contributed by atoms with Crippen molar-refractivity contribution in [3.05, 3.63) is 71.4 Å². The number of methoxy groups -OCH3 is 1. The van der Waals surface area contributed by atoms with Crippen molar-refractivity contribution < 1.29 is 19.1 Å². The average Bonchev–Trinajstić information content (AvgIpc) is 2.77. The van der Waals surface area contributed by atoms with Crippen molar-refractivity contribution in [2.45, 2.75) is 25.7 Å². The predicted molar refractivity (Wildman–Crippen MR) is 127 cm³/mol. The van der Waals surface area contributed by atoms with E-state index < -0.39 is 7.60 Å². The zero-order valence-electron chi connectivity index (χ0n) is 18.0. The van der Waals surface area contributed by atoms with Crippen molar-refractivity contribution in [1.29, 1.82) is 0 Å². The van der Waals surface area contributed by atoms with Crippen LogP contribution in [0.25, 0.3) is 21.8 Å². The Morgan fingerprint density at radius 1 is 1.06 bits per heavy atom. The third-order valence-corrected chi connectivity index (χ3v) is 6.51. The molecule has 2 aromatic heterocycles. The highest BCUT2D eigenvalue weighted by molar-refractivity contribution is 7.51. The molecule has 0 aliphatic rings. The van der Waals surface area contributed by atoms with E-state index in [1.807, 2.05) is 36.5 Å². The maximum atomic E-state index is 11.2. The maximum absolute atomic E-state index is 11.2. The number of anilines is 1. The lowest BCUT2D eigenvalue weighted by molar-refractivity contribution is 0.373. The summed E-state index contributed by atoms with van der Waals surface area (Å²) in [7, 11) is -2.40. The molecule has 0 aliphatic heterocycles. The van der Waals surface area contributed by atoms with Gasteiger partial charge >= 0.3 is 7.60 Å². The van der Waals surface area contributed by atoms with Gasteiger partial charge in [-0.25, -0.2) is 4.98 Å². The monoisotopic (exact) mass is 451 g/mol. The standard InChI is InChI=1S/C24H26N3O4P/c1-15(11-16-3-6-19(31-2)7-4-16)18-13-21-20-8-5-17(9-10-32(28,29)30)12-22(20)27-24(25)23(21)26-14-18/h3-8,12-15H,9-11H2,1-2H3,(H2,25,27)(H2,28,29,30). The van der Waals surface area contributed by atoms with Gasteiger partial charge in [-0.05, 0) is 59.7 Å². The van der Waals surface area contributed by atoms with Crippen LogP contribution in [-0.2, 0) is 17.4 Å². The van der Waals surface area contributed by atoms with Crippen molar-refractivity contribution >= 4 is 35.2 Å². The Hall–Kier alpha value is -2.99. The van der Waals surface area contributed by atoms with Gasteiger partial charge in [-0.1, -0.05) is 31.2 Å². The summed E-state index contributed by atoms with van der Waals surface area (Å²) in [4.78, 5) is 27.4. The lowest BCUT2D eigenvalue weighted by Crippen LogP contribution is -2.02. The van der Waals surface area contributed by atoms with Crippen LogP contribution < -0.4 is 10.5 Å². The Morgan fingerprint density at radius 3 is 2.47 bits per heavy atom. The Morgan fingerprint density at radius 2 is 1.78 bits per heavy atom. The minimum absolute atomic E-state index is 0.198. The zero-order chi connectivity index (χ0) is 22.9. The number of nitrogen functional groups attached to an aromatic ring is 1. The molecule has 0 saturated heterocycles. The van der Waals surface area contributed by atoms with Crippen LogP contribution in [0.3, 0.4) is 0 Å². The first-order valence-corrected chi connectivity index (χ1v) is 12.2. The molecule has 0 fully saturated rings. The number of nitrogens with two attached hydrogens (primary N) is 1. The highest BCUT2D eigenvalue weighted by Crippen LogP contribution is 2.36. The van der Waals surface area contributed by atoms with Gasteiger partial charge < -0.3 is 20.3 Å². The molecule has 2 aromatic carbocycles. The fraction of sp³-hybridized carbons (Fsp3) is 0.250. The van der Waals surface area contributed by atoms with Crippen molar-refractivity contribution in [2.24, 2.45) is 0 Å². The molecule has 2 heterocycles. The summed E-state index contributed by atoms with van der Waals surface area (Å²) in [5.41, 5.74) is 10.7. The summed E-state index contributed by atoms with van der Waals surface area (Å²) in [6, 6.07) is 15.8. The number of benzene rings is 2. The molecule has 32 heavy (non-hydrogen) atoms. The normalized spacial score (nSPS) is 12.9. The molecule has 8 heteroatoms. The minimum Gasteiger partial charge on any atom is -0.497 e. The number of ether oxygens (including phenoxy) is 1. The summed E-state index contributed by atoms with van der Waals surface area (Å²) >= 11 is 0. The number of aryl methyl sites for hydroxylation is 1. The molecule has 1 unspecified atom stereocenters. The largest absolute Gasteiger partial charge is 0.497 e. The molecule has 4 rings (SSSR count). The molecular formula is C24H26N3O4P. The van der Waals surface area contributed by atoms with Gasteiger partial charge in [-0.15, -0.1) is 0 Å². The molecule has 166 valence electrons. The first-order valence-electron chi connectivity index (χ1n) is 10.4. The second kappa shape index (κ2) is 8.87. The Balaban J connectivity index is 1.67. The minimum atomic E-state index is -4.05. The van der Waals surface area contributed by atoms with Gasteiger partial charge in [0.1, 0.15) is 11.3 Å². The van der Waals surface area contributed by atoms with Crippen LogP contribution in [0, 0.1) is 0 Å². The summed E-state index contributed by atoms with van der Waals surface area (Å²) in [6.07, 6.45) is 2.80. The molecule has 4 N–H and O–H groups in total. The number of pyridine rings is 2. The molecule has 0 amide bonds. The third-order valence-electron chi connectivity index (χ3n) is 5.71. The first kappa shape index (κ1) is 22.2. The lowest BCUT2D eigenvalue weighted by atomic mass is 9.93. The van der Waals surface area contributed by atoms with Gasteiger partial charge in [0.15, 0.2) is 5.82 Å². The van der Waals surface area contributed by atoms with E-state index in [2.05, 4.69) is 35.1 Å². The first-order chi connectivity index (χ1) is 15.2. The van der Waals surface area contributed by atoms with Crippen LogP contribution in [0.4, 0.5) is 5.82 Å². The van der Waals surface area contributed by atoms with Gasteiger partial charge in [0, 0.05) is 17.0 Å². The van der Waals surface area contributed by atoms with Gasteiger partial charge in [0.2, 0.25) is 0 Å². The molecule has 7 nitrogen and oxygen atoms in total. The van der Waals surface area contributed by atoms with Crippen molar-refractivity contribution in [3.63, 3.8) is 0 Å². The summed E-state index contributed by atoms with van der Waals surface area (Å²) in [5, 5.41) is 1.84. The third kappa shape index (κ3) is 4.91. The number of aromatic nitrogens is 2. The van der Waals surface area contributed by atoms with Gasteiger partial charge in [-0.2, -0.15) is 0 Å². The van der Waals surface area contributed by atoms with Crippen LogP contribution in [0.2, 0.25) is 0 Å². The van der Waals surface area contributed by atoms with E-state index in [1.54, 1.807) is 7.11 Å². The number of hydrogen-bond donors (Lipinski definition) is 3. The molecule has 4 aromatic rings. The number of rotatable bonds is 7. The molecule has 0 bridgehead atoms. The van der Waals surface area contributed by atoms with Gasteiger partial charge in [0.25, 0.3) is 0 Å². The fourth-order valence-corrected chi connectivity index (χ4v) is 4.45. The molecule has 0 aliphatic carbocycles. The predicted octanol–water partition coefficient (Wildman–Crippen LogP) is 4.44. The van der Waals surface area contributed by atoms with Crippen LogP contribution in [0.5, 0.6) is 5.75 Å². The van der Waals surface area contributed by atoms with Crippen LogP contribution >= 0.6 is 7.60 Å².